The van der Waals surface area contributed by atoms with Crippen LogP contribution < -0.4 is 5.32 Å². The molecule has 0 amide bonds. The minimum absolute atomic E-state index is 0.404. The molecule has 0 radical (unpaired) electrons. The van der Waals surface area contributed by atoms with Crippen molar-refractivity contribution in [3.05, 3.63) is 12.2 Å². The van der Waals surface area contributed by atoms with Gasteiger partial charge in [0.05, 0.1) is 0 Å². The average Bonchev–Trinajstić information content (AvgIpc) is 3.19. The molecule has 1 saturated carbocycles. The quantitative estimate of drug-likeness (QED) is 0.773. The second kappa shape index (κ2) is 5.34. The lowest BCUT2D eigenvalue weighted by atomic mass is 9.92. The zero-order chi connectivity index (χ0) is 12.4. The molecule has 2 aliphatic carbocycles. The Morgan fingerprint density at radius 3 is 2.89 bits per heavy atom. The van der Waals surface area contributed by atoms with E-state index in [2.05, 4.69) is 29.3 Å². The third-order valence-electron chi connectivity index (χ3n) is 5.10. The molecule has 102 valence electrons. The van der Waals surface area contributed by atoms with Crippen molar-refractivity contribution in [3.63, 3.8) is 0 Å². The monoisotopic (exact) mass is 248 g/mol. The van der Waals surface area contributed by atoms with Gasteiger partial charge in [-0.2, -0.15) is 0 Å². The largest absolute Gasteiger partial charge is 0.310 e. The van der Waals surface area contributed by atoms with E-state index in [1.807, 2.05) is 0 Å². The van der Waals surface area contributed by atoms with E-state index in [0.717, 1.165) is 11.8 Å². The van der Waals surface area contributed by atoms with Crippen LogP contribution in [0.4, 0.5) is 0 Å². The van der Waals surface area contributed by atoms with E-state index in [-0.39, 0.29) is 0 Å². The Hall–Kier alpha value is -0.340. The standard InChI is InChI=1S/C16H28N2/c1-16(15-8-9-15)13-18(11-5-10-17-16)12-14-6-3-2-4-7-14/h2-3,14-15,17H,4-13H2,1H3. The molecule has 2 nitrogen and oxygen atoms in total. The smallest absolute Gasteiger partial charge is 0.0308 e. The van der Waals surface area contributed by atoms with Crippen molar-refractivity contribution < 1.29 is 0 Å². The minimum atomic E-state index is 0.404. The number of nitrogens with zero attached hydrogens (tertiary/aromatic N) is 1. The van der Waals surface area contributed by atoms with Gasteiger partial charge in [0.15, 0.2) is 0 Å². The van der Waals surface area contributed by atoms with E-state index in [1.54, 1.807) is 0 Å². The van der Waals surface area contributed by atoms with Crippen molar-refractivity contribution in [3.8, 4) is 0 Å². The summed E-state index contributed by atoms with van der Waals surface area (Å²) >= 11 is 0. The highest BCUT2D eigenvalue weighted by atomic mass is 15.2. The second-order valence-electron chi connectivity index (χ2n) is 6.86. The minimum Gasteiger partial charge on any atom is -0.310 e. The van der Waals surface area contributed by atoms with Crippen LogP contribution >= 0.6 is 0 Å². The predicted octanol–water partition coefficient (Wildman–Crippen LogP) is 2.81. The first-order valence-electron chi connectivity index (χ1n) is 7.89. The number of rotatable bonds is 3. The molecule has 0 spiro atoms. The lowest BCUT2D eigenvalue weighted by Gasteiger charge is -2.35. The molecular formula is C16H28N2. The summed E-state index contributed by atoms with van der Waals surface area (Å²) < 4.78 is 0. The Bertz CT molecular complexity index is 308. The van der Waals surface area contributed by atoms with Crippen LogP contribution in [0.3, 0.4) is 0 Å². The molecule has 2 unspecified atom stereocenters. The molecule has 2 atom stereocenters. The molecule has 3 aliphatic rings. The van der Waals surface area contributed by atoms with Crippen molar-refractivity contribution in [2.75, 3.05) is 26.2 Å². The van der Waals surface area contributed by atoms with Gasteiger partial charge in [-0.05, 0) is 70.4 Å². The third-order valence-corrected chi connectivity index (χ3v) is 5.10. The van der Waals surface area contributed by atoms with Gasteiger partial charge >= 0.3 is 0 Å². The van der Waals surface area contributed by atoms with Crippen molar-refractivity contribution in [2.24, 2.45) is 11.8 Å². The summed E-state index contributed by atoms with van der Waals surface area (Å²) in [4.78, 5) is 2.75. The molecule has 1 aliphatic heterocycles. The Morgan fingerprint density at radius 2 is 2.17 bits per heavy atom. The van der Waals surface area contributed by atoms with E-state index in [0.29, 0.717) is 5.54 Å². The van der Waals surface area contributed by atoms with Crippen LogP contribution in [0.5, 0.6) is 0 Å². The third kappa shape index (κ3) is 2.97. The maximum atomic E-state index is 3.83. The zero-order valence-electron chi connectivity index (χ0n) is 11.8. The summed E-state index contributed by atoms with van der Waals surface area (Å²) in [5, 5.41) is 3.83. The number of hydrogen-bond acceptors (Lipinski definition) is 2. The lowest BCUT2D eigenvalue weighted by Crippen LogP contribution is -2.51. The van der Waals surface area contributed by atoms with Crippen LogP contribution in [0.1, 0.15) is 45.4 Å². The fourth-order valence-electron chi connectivity index (χ4n) is 3.81. The van der Waals surface area contributed by atoms with Crippen molar-refractivity contribution in [1.29, 1.82) is 0 Å². The summed E-state index contributed by atoms with van der Waals surface area (Å²) in [6, 6.07) is 0. The van der Waals surface area contributed by atoms with E-state index < -0.39 is 0 Å². The van der Waals surface area contributed by atoms with Gasteiger partial charge in [0, 0.05) is 18.6 Å². The fraction of sp³-hybridized carbons (Fsp3) is 0.875. The van der Waals surface area contributed by atoms with Crippen LogP contribution in [0, 0.1) is 11.8 Å². The van der Waals surface area contributed by atoms with E-state index in [1.165, 1.54) is 64.7 Å². The van der Waals surface area contributed by atoms with Crippen LogP contribution in [-0.4, -0.2) is 36.6 Å². The van der Waals surface area contributed by atoms with Crippen LogP contribution in [0.15, 0.2) is 12.2 Å². The summed E-state index contributed by atoms with van der Waals surface area (Å²) in [6.07, 6.45) is 13.0. The first-order valence-corrected chi connectivity index (χ1v) is 7.89. The molecule has 1 heterocycles. The van der Waals surface area contributed by atoms with Gasteiger partial charge in [0.2, 0.25) is 0 Å². The molecular weight excluding hydrogens is 220 g/mol. The molecule has 0 aromatic carbocycles. The van der Waals surface area contributed by atoms with Gasteiger partial charge in [-0.25, -0.2) is 0 Å². The highest BCUT2D eigenvalue weighted by Gasteiger charge is 2.43. The number of hydrogen-bond donors (Lipinski definition) is 1. The van der Waals surface area contributed by atoms with Gasteiger partial charge in [0.1, 0.15) is 0 Å². The van der Waals surface area contributed by atoms with Crippen molar-refractivity contribution in [2.45, 2.75) is 51.0 Å². The Balaban J connectivity index is 1.58. The SMILES string of the molecule is CC1(C2CC2)CN(CC2CC=CCC2)CCCN1. The van der Waals surface area contributed by atoms with Gasteiger partial charge in [0.25, 0.3) is 0 Å². The molecule has 0 aromatic rings. The van der Waals surface area contributed by atoms with Crippen LogP contribution in [0.25, 0.3) is 0 Å². The predicted molar refractivity (Wildman–Crippen MR) is 76.7 cm³/mol. The Labute approximate surface area is 112 Å². The van der Waals surface area contributed by atoms with Gasteiger partial charge in [-0.15, -0.1) is 0 Å². The lowest BCUT2D eigenvalue weighted by molar-refractivity contribution is 0.173. The first kappa shape index (κ1) is 12.7. The van der Waals surface area contributed by atoms with Crippen molar-refractivity contribution in [1.82, 2.24) is 10.2 Å². The molecule has 18 heavy (non-hydrogen) atoms. The van der Waals surface area contributed by atoms with Crippen LogP contribution in [0.2, 0.25) is 0 Å². The number of nitrogens with one attached hydrogen (secondary N) is 1. The zero-order valence-corrected chi connectivity index (χ0v) is 11.8. The first-order chi connectivity index (χ1) is 8.76. The van der Waals surface area contributed by atoms with Gasteiger partial charge in [-0.1, -0.05) is 12.2 Å². The molecule has 3 rings (SSSR count). The van der Waals surface area contributed by atoms with E-state index >= 15 is 0 Å². The van der Waals surface area contributed by atoms with Gasteiger partial charge in [-0.3, -0.25) is 0 Å². The molecule has 0 aromatic heterocycles. The molecule has 2 heteroatoms. The summed E-state index contributed by atoms with van der Waals surface area (Å²) in [5.74, 6) is 1.86. The van der Waals surface area contributed by atoms with Gasteiger partial charge < -0.3 is 10.2 Å². The average molecular weight is 248 g/mol. The molecule has 0 bridgehead atoms. The topological polar surface area (TPSA) is 15.3 Å². The number of allylic oxidation sites excluding steroid dienone is 2. The summed E-state index contributed by atoms with van der Waals surface area (Å²) in [5.41, 5.74) is 0.404. The summed E-state index contributed by atoms with van der Waals surface area (Å²) in [7, 11) is 0. The summed E-state index contributed by atoms with van der Waals surface area (Å²) in [6.45, 7) is 7.58. The van der Waals surface area contributed by atoms with E-state index in [4.69, 9.17) is 0 Å². The highest BCUT2D eigenvalue weighted by molar-refractivity contribution is 5.01. The normalized spacial score (nSPS) is 38.6. The van der Waals surface area contributed by atoms with E-state index in [9.17, 15) is 0 Å². The maximum absolute atomic E-state index is 3.83. The fourth-order valence-corrected chi connectivity index (χ4v) is 3.81. The molecule has 2 fully saturated rings. The molecule has 1 N–H and O–H groups in total. The van der Waals surface area contributed by atoms with Crippen LogP contribution in [-0.2, 0) is 0 Å². The maximum Gasteiger partial charge on any atom is 0.0308 e. The van der Waals surface area contributed by atoms with Crippen molar-refractivity contribution >= 4 is 0 Å². The second-order valence-corrected chi connectivity index (χ2v) is 6.86. The Kier molecular flexibility index (Phi) is 3.76. The highest BCUT2D eigenvalue weighted by Crippen LogP contribution is 2.40. The Morgan fingerprint density at radius 1 is 1.28 bits per heavy atom. The molecule has 1 saturated heterocycles.